The van der Waals surface area contributed by atoms with E-state index in [4.69, 9.17) is 0 Å². The van der Waals surface area contributed by atoms with Crippen molar-refractivity contribution in [2.75, 3.05) is 40.8 Å². The molecule has 1 aliphatic heterocycles. The number of nitrogens with zero attached hydrogens (tertiary/aromatic N) is 2. The van der Waals surface area contributed by atoms with E-state index in [1.54, 1.807) is 11.4 Å². The van der Waals surface area contributed by atoms with E-state index in [0.29, 0.717) is 13.1 Å². The molecule has 1 saturated carbocycles. The minimum atomic E-state index is -3.16. The second kappa shape index (κ2) is 5.68. The van der Waals surface area contributed by atoms with Crippen molar-refractivity contribution in [1.82, 2.24) is 14.5 Å². The molecule has 0 aromatic heterocycles. The van der Waals surface area contributed by atoms with Gasteiger partial charge < -0.3 is 10.2 Å². The van der Waals surface area contributed by atoms with Crippen LogP contribution in [0, 0.1) is 0 Å². The Balaban J connectivity index is 2.03. The average Bonchev–Trinajstić information content (AvgIpc) is 2.34. The summed E-state index contributed by atoms with van der Waals surface area (Å²) in [5, 5.41) is 2.95. The Morgan fingerprint density at radius 1 is 1.21 bits per heavy atom. The van der Waals surface area contributed by atoms with Crippen molar-refractivity contribution in [1.29, 1.82) is 0 Å². The molecule has 6 heteroatoms. The topological polar surface area (TPSA) is 52.7 Å². The van der Waals surface area contributed by atoms with Gasteiger partial charge in [0.2, 0.25) is 10.0 Å². The number of hydrogen-bond acceptors (Lipinski definition) is 4. The van der Waals surface area contributed by atoms with E-state index in [9.17, 15) is 8.42 Å². The maximum absolute atomic E-state index is 12.6. The van der Waals surface area contributed by atoms with Crippen LogP contribution >= 0.6 is 0 Å². The van der Waals surface area contributed by atoms with Crippen molar-refractivity contribution >= 4 is 10.0 Å². The molecule has 2 fully saturated rings. The van der Waals surface area contributed by atoms with Gasteiger partial charge >= 0.3 is 0 Å². The minimum absolute atomic E-state index is 0.0594. The van der Waals surface area contributed by atoms with Gasteiger partial charge in [0, 0.05) is 25.7 Å². The smallest absolute Gasteiger partial charge is 0.218 e. The van der Waals surface area contributed by atoms with Crippen molar-refractivity contribution in [3.05, 3.63) is 0 Å². The maximum Gasteiger partial charge on any atom is 0.218 e. The summed E-state index contributed by atoms with van der Waals surface area (Å²) in [4.78, 5) is 2.20. The SMILES string of the molecule is CN(C)C1(CN(C)S(=O)(=O)C2CCCNC2)CCC1. The molecule has 1 unspecified atom stereocenters. The number of hydrogen-bond donors (Lipinski definition) is 1. The third-order valence-electron chi connectivity index (χ3n) is 4.86. The van der Waals surface area contributed by atoms with Gasteiger partial charge in [-0.3, -0.25) is 0 Å². The molecule has 0 aromatic carbocycles. The predicted octanol–water partition coefficient (Wildman–Crippen LogP) is 0.484. The Hall–Kier alpha value is -0.170. The lowest BCUT2D eigenvalue weighted by Crippen LogP contribution is -2.58. The molecule has 2 rings (SSSR count). The van der Waals surface area contributed by atoms with Crippen LogP contribution in [-0.4, -0.2) is 69.2 Å². The molecule has 0 aromatic rings. The molecule has 1 heterocycles. The molecule has 5 nitrogen and oxygen atoms in total. The van der Waals surface area contributed by atoms with Crippen LogP contribution in [0.4, 0.5) is 0 Å². The fourth-order valence-electron chi connectivity index (χ4n) is 3.16. The average molecular weight is 289 g/mol. The zero-order valence-corrected chi connectivity index (χ0v) is 13.2. The van der Waals surface area contributed by atoms with E-state index in [0.717, 1.165) is 32.2 Å². The highest BCUT2D eigenvalue weighted by Crippen LogP contribution is 2.37. The Bertz CT molecular complexity index is 398. The van der Waals surface area contributed by atoms with Crippen LogP contribution in [0.5, 0.6) is 0 Å². The van der Waals surface area contributed by atoms with E-state index < -0.39 is 10.0 Å². The van der Waals surface area contributed by atoms with Crippen molar-refractivity contribution in [3.63, 3.8) is 0 Å². The van der Waals surface area contributed by atoms with Crippen LogP contribution in [0.15, 0.2) is 0 Å². The molecule has 0 radical (unpaired) electrons. The minimum Gasteiger partial charge on any atom is -0.315 e. The van der Waals surface area contributed by atoms with E-state index in [1.807, 2.05) is 0 Å². The molecule has 1 atom stereocenters. The van der Waals surface area contributed by atoms with Crippen LogP contribution < -0.4 is 5.32 Å². The summed E-state index contributed by atoms with van der Waals surface area (Å²) in [6.45, 7) is 2.16. The molecule has 0 amide bonds. The number of piperidine rings is 1. The van der Waals surface area contributed by atoms with Crippen LogP contribution in [0.3, 0.4) is 0 Å². The third kappa shape index (κ3) is 2.96. The first-order chi connectivity index (χ1) is 8.88. The molecule has 19 heavy (non-hydrogen) atoms. The molecule has 1 saturated heterocycles. The highest BCUT2D eigenvalue weighted by atomic mass is 32.2. The number of nitrogens with one attached hydrogen (secondary N) is 1. The highest BCUT2D eigenvalue weighted by Gasteiger charge is 2.43. The van der Waals surface area contributed by atoms with Gasteiger partial charge in [-0.15, -0.1) is 0 Å². The maximum atomic E-state index is 12.6. The zero-order chi connectivity index (χ0) is 14.1. The van der Waals surface area contributed by atoms with Crippen LogP contribution in [-0.2, 0) is 10.0 Å². The standard InChI is InChI=1S/C13H27N3O2S/c1-15(2)13(7-5-8-13)11-16(3)19(17,18)12-6-4-9-14-10-12/h12,14H,4-11H2,1-3H3. The van der Waals surface area contributed by atoms with Crippen LogP contribution in [0.2, 0.25) is 0 Å². The molecule has 2 aliphatic rings. The zero-order valence-electron chi connectivity index (χ0n) is 12.4. The Kier molecular flexibility index (Phi) is 4.55. The van der Waals surface area contributed by atoms with Crippen molar-refractivity contribution in [3.8, 4) is 0 Å². The fourth-order valence-corrected chi connectivity index (χ4v) is 4.89. The van der Waals surface area contributed by atoms with Gasteiger partial charge in [-0.25, -0.2) is 12.7 Å². The molecule has 1 aliphatic carbocycles. The summed E-state index contributed by atoms with van der Waals surface area (Å²) < 4.78 is 26.8. The predicted molar refractivity (Wildman–Crippen MR) is 77.7 cm³/mol. The van der Waals surface area contributed by atoms with Gasteiger partial charge in [0.1, 0.15) is 0 Å². The lowest BCUT2D eigenvalue weighted by Gasteiger charge is -2.49. The largest absolute Gasteiger partial charge is 0.315 e. The van der Waals surface area contributed by atoms with Gasteiger partial charge in [-0.1, -0.05) is 0 Å². The summed E-state index contributed by atoms with van der Waals surface area (Å²) in [6.07, 6.45) is 5.15. The molecule has 0 spiro atoms. The molecule has 0 bridgehead atoms. The van der Waals surface area contributed by atoms with Crippen molar-refractivity contribution in [2.24, 2.45) is 0 Å². The van der Waals surface area contributed by atoms with Gasteiger partial charge in [0.05, 0.1) is 5.25 Å². The van der Waals surface area contributed by atoms with Crippen LogP contribution in [0.1, 0.15) is 32.1 Å². The van der Waals surface area contributed by atoms with E-state index in [-0.39, 0.29) is 10.8 Å². The summed E-state index contributed by atoms with van der Waals surface area (Å²) in [7, 11) is 2.70. The lowest BCUT2D eigenvalue weighted by atomic mass is 9.75. The first kappa shape index (κ1) is 15.2. The Morgan fingerprint density at radius 2 is 1.89 bits per heavy atom. The monoisotopic (exact) mass is 289 g/mol. The molecular weight excluding hydrogens is 262 g/mol. The Labute approximate surface area is 117 Å². The van der Waals surface area contributed by atoms with E-state index in [1.165, 1.54) is 6.42 Å². The van der Waals surface area contributed by atoms with Crippen molar-refractivity contribution < 1.29 is 8.42 Å². The second-order valence-electron chi connectivity index (χ2n) is 6.24. The number of rotatable bonds is 5. The van der Waals surface area contributed by atoms with Crippen molar-refractivity contribution in [2.45, 2.75) is 42.9 Å². The van der Waals surface area contributed by atoms with E-state index >= 15 is 0 Å². The quantitative estimate of drug-likeness (QED) is 0.800. The number of likely N-dealkylation sites (N-methyl/N-ethyl adjacent to an activating group) is 2. The van der Waals surface area contributed by atoms with Crippen LogP contribution in [0.25, 0.3) is 0 Å². The molecule has 1 N–H and O–H groups in total. The van der Waals surface area contributed by atoms with E-state index in [2.05, 4.69) is 24.3 Å². The first-order valence-electron chi connectivity index (χ1n) is 7.22. The van der Waals surface area contributed by atoms with Gasteiger partial charge in [-0.2, -0.15) is 0 Å². The molecule has 112 valence electrons. The molecular formula is C13H27N3O2S. The third-order valence-corrected chi connectivity index (χ3v) is 7.10. The summed E-state index contributed by atoms with van der Waals surface area (Å²) in [5.74, 6) is 0. The summed E-state index contributed by atoms with van der Waals surface area (Å²) in [6, 6.07) is 0. The number of sulfonamides is 1. The van der Waals surface area contributed by atoms with Gasteiger partial charge in [0.15, 0.2) is 0 Å². The normalized spacial score (nSPS) is 27.5. The van der Waals surface area contributed by atoms with Gasteiger partial charge in [-0.05, 0) is 52.7 Å². The lowest BCUT2D eigenvalue weighted by molar-refractivity contribution is 0.0453. The summed E-state index contributed by atoms with van der Waals surface area (Å²) in [5.41, 5.74) is 0.0594. The Morgan fingerprint density at radius 3 is 2.32 bits per heavy atom. The van der Waals surface area contributed by atoms with Gasteiger partial charge in [0.25, 0.3) is 0 Å². The summed E-state index contributed by atoms with van der Waals surface area (Å²) >= 11 is 0. The first-order valence-corrected chi connectivity index (χ1v) is 8.72. The highest BCUT2D eigenvalue weighted by molar-refractivity contribution is 7.89. The fraction of sp³-hybridized carbons (Fsp3) is 1.00. The second-order valence-corrected chi connectivity index (χ2v) is 8.56.